The van der Waals surface area contributed by atoms with Gasteiger partial charge in [-0.3, -0.25) is 4.79 Å². The first-order valence-electron chi connectivity index (χ1n) is 7.72. The van der Waals surface area contributed by atoms with Crippen LogP contribution in [0.4, 0.5) is 5.69 Å². The molecule has 0 heterocycles. The van der Waals surface area contributed by atoms with Gasteiger partial charge in [-0.15, -0.1) is 0 Å². The van der Waals surface area contributed by atoms with E-state index >= 15 is 0 Å². The Balaban J connectivity index is 2.05. The normalized spacial score (nSPS) is 12.5. The molecule has 25 heavy (non-hydrogen) atoms. The Labute approximate surface area is 167 Å². The molecule has 0 bridgehead atoms. The molecule has 1 amide bonds. The van der Waals surface area contributed by atoms with Crippen molar-refractivity contribution in [2.45, 2.75) is 29.7 Å². The van der Waals surface area contributed by atoms with Gasteiger partial charge in [-0.25, -0.2) is 0 Å². The Morgan fingerprint density at radius 1 is 1.12 bits per heavy atom. The molecule has 2 rings (SSSR count). The number of benzene rings is 2. The minimum Gasteiger partial charge on any atom is -0.339 e. The first-order chi connectivity index (χ1) is 11.8. The summed E-state index contributed by atoms with van der Waals surface area (Å²) in [6.45, 7) is 1.89. The topological polar surface area (TPSA) is 53.2 Å². The molecule has 0 unspecified atom stereocenters. The molecule has 0 radical (unpaired) electrons. The fourth-order valence-corrected chi connectivity index (χ4v) is 2.79. The number of thiocarbonyl (C=S) groups is 1. The van der Waals surface area contributed by atoms with Crippen LogP contribution in [0.25, 0.3) is 10.8 Å². The maximum absolute atomic E-state index is 11.8. The summed E-state index contributed by atoms with van der Waals surface area (Å²) >= 11 is 23.1. The highest BCUT2D eigenvalue weighted by Gasteiger charge is 2.34. The van der Waals surface area contributed by atoms with Crippen molar-refractivity contribution >= 4 is 74.5 Å². The maximum Gasteiger partial charge on any atom is 0.228 e. The lowest BCUT2D eigenvalue weighted by molar-refractivity contribution is -0.121. The van der Waals surface area contributed by atoms with Crippen molar-refractivity contribution in [3.8, 4) is 0 Å². The smallest absolute Gasteiger partial charge is 0.228 e. The standard InChI is InChI=1S/C17H18Cl3N3OS/c1-2-5-14(24)22-15(17(18,19)20)23-16(25)21-13-9-8-11-6-3-4-7-12(11)10-13/h3-4,6-10,15H,2,5H2,1H3,(H,22,24)(H2,21,23,25)/t15-/m0/s1. The van der Waals surface area contributed by atoms with E-state index in [1.54, 1.807) is 0 Å². The van der Waals surface area contributed by atoms with Crippen molar-refractivity contribution in [3.63, 3.8) is 0 Å². The van der Waals surface area contributed by atoms with Crippen molar-refractivity contribution in [2.24, 2.45) is 0 Å². The summed E-state index contributed by atoms with van der Waals surface area (Å²) in [5, 5.41) is 10.9. The van der Waals surface area contributed by atoms with Crippen LogP contribution in [0.3, 0.4) is 0 Å². The van der Waals surface area contributed by atoms with Crippen LogP contribution in [-0.4, -0.2) is 21.0 Å². The van der Waals surface area contributed by atoms with E-state index < -0.39 is 9.96 Å². The van der Waals surface area contributed by atoms with Crippen LogP contribution in [0, 0.1) is 0 Å². The third-order valence-corrected chi connectivity index (χ3v) is 4.27. The van der Waals surface area contributed by atoms with E-state index in [9.17, 15) is 4.79 Å². The Morgan fingerprint density at radius 2 is 1.80 bits per heavy atom. The molecule has 0 aromatic heterocycles. The van der Waals surface area contributed by atoms with Crippen LogP contribution in [0.1, 0.15) is 19.8 Å². The van der Waals surface area contributed by atoms with Gasteiger partial charge in [0.15, 0.2) is 5.11 Å². The predicted octanol–water partition coefficient (Wildman–Crippen LogP) is 4.74. The van der Waals surface area contributed by atoms with Crippen LogP contribution in [0.5, 0.6) is 0 Å². The van der Waals surface area contributed by atoms with Crippen LogP contribution in [0.2, 0.25) is 0 Å². The predicted molar refractivity (Wildman–Crippen MR) is 110 cm³/mol. The SMILES string of the molecule is CCCC(=O)N[C@@H](NC(=S)Nc1ccc2ccccc2c1)C(Cl)(Cl)Cl. The number of hydrogen-bond donors (Lipinski definition) is 3. The fourth-order valence-electron chi connectivity index (χ4n) is 2.23. The molecular formula is C17H18Cl3N3OS. The van der Waals surface area contributed by atoms with E-state index in [-0.39, 0.29) is 11.0 Å². The number of fused-ring (bicyclic) bond motifs is 1. The minimum absolute atomic E-state index is 0.222. The van der Waals surface area contributed by atoms with Crippen molar-refractivity contribution in [2.75, 3.05) is 5.32 Å². The third kappa shape index (κ3) is 6.19. The van der Waals surface area contributed by atoms with Crippen LogP contribution in [-0.2, 0) is 4.79 Å². The second-order valence-corrected chi connectivity index (χ2v) is 8.23. The van der Waals surface area contributed by atoms with Crippen molar-refractivity contribution in [3.05, 3.63) is 42.5 Å². The number of hydrogen-bond acceptors (Lipinski definition) is 2. The summed E-state index contributed by atoms with van der Waals surface area (Å²) in [5.41, 5.74) is 0.791. The molecule has 0 fully saturated rings. The molecule has 0 spiro atoms. The van der Waals surface area contributed by atoms with Crippen molar-refractivity contribution < 1.29 is 4.79 Å². The summed E-state index contributed by atoms with van der Waals surface area (Å²) in [7, 11) is 0. The summed E-state index contributed by atoms with van der Waals surface area (Å²) in [6, 6.07) is 13.8. The maximum atomic E-state index is 11.8. The molecule has 4 nitrogen and oxygen atoms in total. The number of nitrogens with one attached hydrogen (secondary N) is 3. The molecule has 134 valence electrons. The van der Waals surface area contributed by atoms with Crippen LogP contribution in [0.15, 0.2) is 42.5 Å². The number of rotatable bonds is 5. The number of halogens is 3. The van der Waals surface area contributed by atoms with E-state index in [4.69, 9.17) is 47.0 Å². The molecule has 0 saturated heterocycles. The molecule has 0 aliphatic heterocycles. The van der Waals surface area contributed by atoms with Crippen molar-refractivity contribution in [1.82, 2.24) is 10.6 Å². The second-order valence-electron chi connectivity index (χ2n) is 5.45. The van der Waals surface area contributed by atoms with E-state index in [2.05, 4.69) is 16.0 Å². The first kappa shape index (κ1) is 20.0. The van der Waals surface area contributed by atoms with E-state index in [0.717, 1.165) is 16.5 Å². The molecule has 2 aromatic rings. The number of alkyl halides is 3. The quantitative estimate of drug-likeness (QED) is 0.373. The third-order valence-electron chi connectivity index (χ3n) is 3.39. The van der Waals surface area contributed by atoms with Gasteiger partial charge in [0, 0.05) is 12.1 Å². The van der Waals surface area contributed by atoms with E-state index in [1.165, 1.54) is 0 Å². The molecular weight excluding hydrogens is 401 g/mol. The number of carbonyl (C=O) groups excluding carboxylic acids is 1. The van der Waals surface area contributed by atoms with Crippen LogP contribution < -0.4 is 16.0 Å². The monoisotopic (exact) mass is 417 g/mol. The molecule has 3 N–H and O–H groups in total. The molecule has 0 aliphatic carbocycles. The number of amides is 1. The van der Waals surface area contributed by atoms with Gasteiger partial charge in [0.05, 0.1) is 0 Å². The number of carbonyl (C=O) groups is 1. The second kappa shape index (κ2) is 8.90. The lowest BCUT2D eigenvalue weighted by Gasteiger charge is -2.27. The zero-order valence-electron chi connectivity index (χ0n) is 13.5. The van der Waals surface area contributed by atoms with Gasteiger partial charge in [0.1, 0.15) is 6.17 Å². The van der Waals surface area contributed by atoms with Gasteiger partial charge in [-0.1, -0.05) is 72.1 Å². The highest BCUT2D eigenvalue weighted by atomic mass is 35.6. The van der Waals surface area contributed by atoms with Gasteiger partial charge >= 0.3 is 0 Å². The fraction of sp³-hybridized carbons (Fsp3) is 0.294. The zero-order chi connectivity index (χ0) is 18.4. The number of anilines is 1. The van der Waals surface area contributed by atoms with Gasteiger partial charge < -0.3 is 16.0 Å². The van der Waals surface area contributed by atoms with Crippen LogP contribution >= 0.6 is 47.0 Å². The highest BCUT2D eigenvalue weighted by Crippen LogP contribution is 2.29. The zero-order valence-corrected chi connectivity index (χ0v) is 16.6. The summed E-state index contributed by atoms with van der Waals surface area (Å²) < 4.78 is -1.75. The lowest BCUT2D eigenvalue weighted by atomic mass is 10.1. The van der Waals surface area contributed by atoms with Crippen molar-refractivity contribution in [1.29, 1.82) is 0 Å². The average Bonchev–Trinajstić information content (AvgIpc) is 2.53. The molecule has 2 aromatic carbocycles. The Morgan fingerprint density at radius 3 is 2.44 bits per heavy atom. The average molecular weight is 419 g/mol. The minimum atomic E-state index is -1.75. The van der Waals surface area contributed by atoms with E-state index in [1.807, 2.05) is 49.4 Å². The van der Waals surface area contributed by atoms with Gasteiger partial charge in [0.2, 0.25) is 9.70 Å². The largest absolute Gasteiger partial charge is 0.339 e. The first-order valence-corrected chi connectivity index (χ1v) is 9.26. The van der Waals surface area contributed by atoms with E-state index in [0.29, 0.717) is 12.8 Å². The molecule has 8 heteroatoms. The van der Waals surface area contributed by atoms with Gasteiger partial charge in [-0.2, -0.15) is 0 Å². The van der Waals surface area contributed by atoms with Gasteiger partial charge in [0.25, 0.3) is 0 Å². The summed E-state index contributed by atoms with van der Waals surface area (Å²) in [6.07, 6.45) is 0.0825. The van der Waals surface area contributed by atoms with Gasteiger partial charge in [-0.05, 0) is 41.5 Å². The lowest BCUT2D eigenvalue weighted by Crippen LogP contribution is -2.56. The molecule has 1 atom stereocenters. The highest BCUT2D eigenvalue weighted by molar-refractivity contribution is 7.80. The summed E-state index contributed by atoms with van der Waals surface area (Å²) in [4.78, 5) is 11.8. The molecule has 0 saturated carbocycles. The Hall–Kier alpha value is -1.27. The summed E-state index contributed by atoms with van der Waals surface area (Å²) in [5.74, 6) is -0.222. The Kier molecular flexibility index (Phi) is 7.14. The molecule has 0 aliphatic rings. The Bertz CT molecular complexity index is 764.